The summed E-state index contributed by atoms with van der Waals surface area (Å²) in [5.41, 5.74) is 0.952. The van der Waals surface area contributed by atoms with Crippen molar-refractivity contribution < 1.29 is 14.7 Å². The van der Waals surface area contributed by atoms with Gasteiger partial charge in [0.2, 0.25) is 5.91 Å². The summed E-state index contributed by atoms with van der Waals surface area (Å²) in [6.45, 7) is 9.56. The van der Waals surface area contributed by atoms with Gasteiger partial charge in [-0.25, -0.2) is 4.79 Å². The standard InChI is InChI=1S/C18H29N3O3/c1-5-14(6-2)12(3)17(22)20-9-7-15(8-10-20)21-13(4)16(11-19-21)18(23)24/h11-12,14-15H,5-10H2,1-4H3,(H,23,24). The predicted molar refractivity (Wildman–Crippen MR) is 92.0 cm³/mol. The lowest BCUT2D eigenvalue weighted by Crippen LogP contribution is -2.43. The van der Waals surface area contributed by atoms with Gasteiger partial charge in [0.1, 0.15) is 5.56 Å². The molecule has 1 amide bonds. The van der Waals surface area contributed by atoms with Gasteiger partial charge in [0.15, 0.2) is 0 Å². The molecular formula is C18H29N3O3. The van der Waals surface area contributed by atoms with Crippen LogP contribution in [0.5, 0.6) is 0 Å². The fourth-order valence-corrected chi connectivity index (χ4v) is 3.82. The highest BCUT2D eigenvalue weighted by Gasteiger charge is 2.30. The Morgan fingerprint density at radius 1 is 1.29 bits per heavy atom. The summed E-state index contributed by atoms with van der Waals surface area (Å²) in [4.78, 5) is 25.8. The average molecular weight is 335 g/mol. The van der Waals surface area contributed by atoms with Crippen molar-refractivity contribution in [2.75, 3.05) is 13.1 Å². The maximum atomic E-state index is 12.7. The quantitative estimate of drug-likeness (QED) is 0.866. The topological polar surface area (TPSA) is 75.4 Å². The zero-order chi connectivity index (χ0) is 17.9. The van der Waals surface area contributed by atoms with E-state index in [1.807, 2.05) is 16.5 Å². The lowest BCUT2D eigenvalue weighted by molar-refractivity contribution is -0.138. The summed E-state index contributed by atoms with van der Waals surface area (Å²) in [5, 5.41) is 13.4. The first-order valence-electron chi connectivity index (χ1n) is 8.96. The number of aromatic carboxylic acids is 1. The van der Waals surface area contributed by atoms with Gasteiger partial charge in [-0.05, 0) is 25.7 Å². The smallest absolute Gasteiger partial charge is 0.339 e. The van der Waals surface area contributed by atoms with E-state index in [-0.39, 0.29) is 23.4 Å². The van der Waals surface area contributed by atoms with Crippen LogP contribution in [0, 0.1) is 18.8 Å². The number of rotatable bonds is 6. The van der Waals surface area contributed by atoms with E-state index < -0.39 is 5.97 Å². The van der Waals surface area contributed by atoms with Crippen molar-refractivity contribution in [1.29, 1.82) is 0 Å². The van der Waals surface area contributed by atoms with E-state index in [0.29, 0.717) is 11.6 Å². The predicted octanol–water partition coefficient (Wildman–Crippen LogP) is 3.13. The van der Waals surface area contributed by atoms with E-state index >= 15 is 0 Å². The van der Waals surface area contributed by atoms with Gasteiger partial charge in [0.05, 0.1) is 17.9 Å². The van der Waals surface area contributed by atoms with Crippen LogP contribution < -0.4 is 0 Å². The Morgan fingerprint density at radius 3 is 2.33 bits per heavy atom. The molecule has 134 valence electrons. The molecule has 1 aliphatic heterocycles. The van der Waals surface area contributed by atoms with Crippen molar-refractivity contribution >= 4 is 11.9 Å². The normalized spacial score (nSPS) is 17.3. The molecule has 0 radical (unpaired) electrons. The Balaban J connectivity index is 1.98. The van der Waals surface area contributed by atoms with Gasteiger partial charge in [-0.15, -0.1) is 0 Å². The Bertz CT molecular complexity index is 584. The second kappa shape index (κ2) is 7.81. The van der Waals surface area contributed by atoms with Gasteiger partial charge in [-0.1, -0.05) is 33.6 Å². The third kappa shape index (κ3) is 3.62. The SMILES string of the molecule is CCC(CC)C(C)C(=O)N1CCC(n2ncc(C(=O)O)c2C)CC1. The molecule has 0 aliphatic carbocycles. The van der Waals surface area contributed by atoms with Crippen LogP contribution in [0.4, 0.5) is 0 Å². The van der Waals surface area contributed by atoms with Crippen molar-refractivity contribution in [3.8, 4) is 0 Å². The Labute approximate surface area is 143 Å². The highest BCUT2D eigenvalue weighted by Crippen LogP contribution is 2.27. The van der Waals surface area contributed by atoms with Crippen LogP contribution in [0.2, 0.25) is 0 Å². The lowest BCUT2D eigenvalue weighted by atomic mass is 9.87. The number of amides is 1. The molecule has 0 saturated carbocycles. The van der Waals surface area contributed by atoms with Crippen LogP contribution in [-0.4, -0.2) is 44.8 Å². The van der Waals surface area contributed by atoms with E-state index in [9.17, 15) is 9.59 Å². The molecule has 0 aromatic carbocycles. The zero-order valence-corrected chi connectivity index (χ0v) is 15.2. The summed E-state index contributed by atoms with van der Waals surface area (Å²) in [6.07, 6.45) is 5.13. The largest absolute Gasteiger partial charge is 0.478 e. The number of hydrogen-bond acceptors (Lipinski definition) is 3. The minimum Gasteiger partial charge on any atom is -0.478 e. The highest BCUT2D eigenvalue weighted by atomic mass is 16.4. The maximum Gasteiger partial charge on any atom is 0.339 e. The minimum absolute atomic E-state index is 0.0709. The third-order valence-corrected chi connectivity index (χ3v) is 5.54. The monoisotopic (exact) mass is 335 g/mol. The fraction of sp³-hybridized carbons (Fsp3) is 0.722. The molecule has 0 bridgehead atoms. The van der Waals surface area contributed by atoms with Crippen molar-refractivity contribution in [3.63, 3.8) is 0 Å². The van der Waals surface area contributed by atoms with Crippen molar-refractivity contribution in [2.24, 2.45) is 11.8 Å². The number of carbonyl (C=O) groups excluding carboxylic acids is 1. The van der Waals surface area contributed by atoms with E-state index in [2.05, 4.69) is 18.9 Å². The first-order chi connectivity index (χ1) is 11.4. The molecule has 1 unspecified atom stereocenters. The number of hydrogen-bond donors (Lipinski definition) is 1. The van der Waals surface area contributed by atoms with Crippen molar-refractivity contribution in [1.82, 2.24) is 14.7 Å². The second-order valence-corrected chi connectivity index (χ2v) is 6.82. The van der Waals surface area contributed by atoms with Crippen molar-refractivity contribution in [2.45, 2.75) is 59.4 Å². The molecule has 6 nitrogen and oxygen atoms in total. The van der Waals surface area contributed by atoms with Gasteiger partial charge in [-0.2, -0.15) is 5.10 Å². The Kier molecular flexibility index (Phi) is 6.02. The van der Waals surface area contributed by atoms with Crippen LogP contribution in [0.3, 0.4) is 0 Å². The third-order valence-electron chi connectivity index (χ3n) is 5.54. The van der Waals surface area contributed by atoms with E-state index in [1.54, 1.807) is 6.92 Å². The number of piperidine rings is 1. The molecule has 1 aliphatic rings. The number of carboxylic acid groups (broad SMARTS) is 1. The summed E-state index contributed by atoms with van der Waals surface area (Å²) >= 11 is 0. The summed E-state index contributed by atoms with van der Waals surface area (Å²) in [6, 6.07) is 0.172. The minimum atomic E-state index is -0.939. The molecule has 1 aromatic rings. The van der Waals surface area contributed by atoms with E-state index in [0.717, 1.165) is 38.8 Å². The average Bonchev–Trinajstić information content (AvgIpc) is 2.97. The Morgan fingerprint density at radius 2 is 1.88 bits per heavy atom. The first kappa shape index (κ1) is 18.5. The molecular weight excluding hydrogens is 306 g/mol. The van der Waals surface area contributed by atoms with Crippen LogP contribution in [0.15, 0.2) is 6.20 Å². The molecule has 1 N–H and O–H groups in total. The molecule has 0 spiro atoms. The summed E-state index contributed by atoms with van der Waals surface area (Å²) < 4.78 is 1.82. The van der Waals surface area contributed by atoms with E-state index in [4.69, 9.17) is 5.11 Å². The van der Waals surface area contributed by atoms with Gasteiger partial charge >= 0.3 is 5.97 Å². The van der Waals surface area contributed by atoms with Crippen LogP contribution in [-0.2, 0) is 4.79 Å². The number of carboxylic acids is 1. The van der Waals surface area contributed by atoms with E-state index in [1.165, 1.54) is 6.20 Å². The first-order valence-corrected chi connectivity index (χ1v) is 8.96. The fourth-order valence-electron chi connectivity index (χ4n) is 3.82. The highest BCUT2D eigenvalue weighted by molar-refractivity contribution is 5.88. The molecule has 6 heteroatoms. The number of aromatic nitrogens is 2. The molecule has 1 atom stereocenters. The summed E-state index contributed by atoms with van der Waals surface area (Å²) in [5.74, 6) is -0.167. The molecule has 1 saturated heterocycles. The maximum absolute atomic E-state index is 12.7. The second-order valence-electron chi connectivity index (χ2n) is 6.82. The molecule has 2 heterocycles. The van der Waals surface area contributed by atoms with Gasteiger partial charge < -0.3 is 10.0 Å². The van der Waals surface area contributed by atoms with Gasteiger partial charge in [-0.3, -0.25) is 9.48 Å². The zero-order valence-electron chi connectivity index (χ0n) is 15.2. The lowest BCUT2D eigenvalue weighted by Gasteiger charge is -2.35. The van der Waals surface area contributed by atoms with Gasteiger partial charge in [0, 0.05) is 19.0 Å². The number of likely N-dealkylation sites (tertiary alicyclic amines) is 1. The number of nitrogens with zero attached hydrogens (tertiary/aromatic N) is 3. The molecule has 2 rings (SSSR count). The van der Waals surface area contributed by atoms with Gasteiger partial charge in [0.25, 0.3) is 0 Å². The van der Waals surface area contributed by atoms with Crippen LogP contribution in [0.25, 0.3) is 0 Å². The molecule has 24 heavy (non-hydrogen) atoms. The Hall–Kier alpha value is -1.85. The number of carbonyl (C=O) groups is 2. The van der Waals surface area contributed by atoms with Crippen molar-refractivity contribution in [3.05, 3.63) is 17.5 Å². The molecule has 1 aromatic heterocycles. The summed E-state index contributed by atoms with van der Waals surface area (Å²) in [7, 11) is 0. The molecule has 1 fully saturated rings. The van der Waals surface area contributed by atoms with Crippen LogP contribution >= 0.6 is 0 Å². The van der Waals surface area contributed by atoms with Crippen LogP contribution in [0.1, 0.15) is 68.5 Å².